The molecule has 0 unspecified atom stereocenters. The molecule has 24 heavy (non-hydrogen) atoms. The van der Waals surface area contributed by atoms with Crippen molar-refractivity contribution in [3.05, 3.63) is 49.5 Å². The lowest BCUT2D eigenvalue weighted by molar-refractivity contribution is -0.139. The number of aromatic amines is 1. The van der Waals surface area contributed by atoms with Crippen LogP contribution >= 0.6 is 15.9 Å². The van der Waals surface area contributed by atoms with Gasteiger partial charge in [0.25, 0.3) is 5.56 Å². The minimum atomic E-state index is -5.02. The highest BCUT2D eigenvalue weighted by Gasteiger charge is 2.36. The number of hydrogen-bond donors (Lipinski definition) is 2. The van der Waals surface area contributed by atoms with Crippen LogP contribution in [0.4, 0.5) is 23.4 Å². The van der Waals surface area contributed by atoms with E-state index in [2.05, 4.69) is 15.9 Å². The quantitative estimate of drug-likeness (QED) is 0.716. The van der Waals surface area contributed by atoms with Crippen molar-refractivity contribution >= 4 is 21.7 Å². The standard InChI is InChI=1S/C14H5BrF4N4O/c15-5-1-6(11(16)9(2-5)14(17,18)19)10-7(3-20)12(22)23-13(24)8(10)4-21/h1-2H,(H3,22,23,24). The maximum Gasteiger partial charge on any atom is 0.419 e. The van der Waals surface area contributed by atoms with Crippen molar-refractivity contribution in [2.45, 2.75) is 6.18 Å². The molecule has 3 N–H and O–H groups in total. The number of halogens is 5. The normalized spacial score (nSPS) is 11.0. The third-order valence-electron chi connectivity index (χ3n) is 3.08. The number of hydrogen-bond acceptors (Lipinski definition) is 4. The minimum Gasteiger partial charge on any atom is -0.384 e. The van der Waals surface area contributed by atoms with E-state index in [1.54, 1.807) is 6.07 Å². The fourth-order valence-corrected chi connectivity index (χ4v) is 2.55. The molecule has 1 heterocycles. The topological polar surface area (TPSA) is 106 Å². The molecule has 0 radical (unpaired) electrons. The number of alkyl halides is 3. The highest BCUT2D eigenvalue weighted by Crippen LogP contribution is 2.39. The number of nitrogens with zero attached hydrogens (tertiary/aromatic N) is 2. The number of nitrogen functional groups attached to an aromatic ring is 1. The molecule has 0 spiro atoms. The van der Waals surface area contributed by atoms with Gasteiger partial charge in [0.2, 0.25) is 0 Å². The zero-order valence-corrected chi connectivity index (χ0v) is 13.0. The number of H-pyrrole nitrogens is 1. The minimum absolute atomic E-state index is 0.155. The van der Waals surface area contributed by atoms with Crippen molar-refractivity contribution in [2.24, 2.45) is 0 Å². The molecule has 2 aromatic rings. The van der Waals surface area contributed by atoms with Crippen LogP contribution in [0, 0.1) is 28.5 Å². The van der Waals surface area contributed by atoms with Crippen molar-refractivity contribution in [3.8, 4) is 23.3 Å². The predicted molar refractivity (Wildman–Crippen MR) is 79.0 cm³/mol. The van der Waals surface area contributed by atoms with Gasteiger partial charge in [-0.3, -0.25) is 4.79 Å². The molecule has 0 amide bonds. The summed E-state index contributed by atoms with van der Waals surface area (Å²) in [5.41, 5.74) is 0.259. The van der Waals surface area contributed by atoms with Gasteiger partial charge in [-0.15, -0.1) is 0 Å². The molecular weight excluding hydrogens is 396 g/mol. The van der Waals surface area contributed by atoms with Crippen molar-refractivity contribution in [1.29, 1.82) is 10.5 Å². The monoisotopic (exact) mass is 400 g/mol. The number of benzene rings is 1. The number of rotatable bonds is 1. The van der Waals surface area contributed by atoms with Crippen LogP contribution in [0.3, 0.4) is 0 Å². The summed E-state index contributed by atoms with van der Waals surface area (Å²) in [4.78, 5) is 13.8. The Kier molecular flexibility index (Phi) is 4.36. The molecule has 5 nitrogen and oxygen atoms in total. The van der Waals surface area contributed by atoms with Crippen LogP contribution in [0.2, 0.25) is 0 Å². The Hall–Kier alpha value is -2.85. The van der Waals surface area contributed by atoms with Gasteiger partial charge in [0, 0.05) is 15.6 Å². The zero-order chi connectivity index (χ0) is 18.2. The van der Waals surface area contributed by atoms with Gasteiger partial charge in [0.1, 0.15) is 34.9 Å². The summed E-state index contributed by atoms with van der Waals surface area (Å²) in [6.45, 7) is 0. The molecule has 1 aromatic carbocycles. The summed E-state index contributed by atoms with van der Waals surface area (Å²) in [7, 11) is 0. The van der Waals surface area contributed by atoms with Crippen LogP contribution in [0.25, 0.3) is 11.1 Å². The Morgan fingerprint density at radius 2 is 1.75 bits per heavy atom. The largest absolute Gasteiger partial charge is 0.419 e. The Labute approximate surface area is 140 Å². The highest BCUT2D eigenvalue weighted by molar-refractivity contribution is 9.10. The molecule has 0 saturated heterocycles. The van der Waals surface area contributed by atoms with Gasteiger partial charge >= 0.3 is 6.18 Å². The van der Waals surface area contributed by atoms with Crippen LogP contribution in [0.5, 0.6) is 0 Å². The lowest BCUT2D eigenvalue weighted by Crippen LogP contribution is -2.17. The first kappa shape index (κ1) is 17.5. The van der Waals surface area contributed by atoms with Gasteiger partial charge in [0.15, 0.2) is 0 Å². The zero-order valence-electron chi connectivity index (χ0n) is 11.4. The first-order chi connectivity index (χ1) is 11.1. The molecule has 0 aliphatic carbocycles. The van der Waals surface area contributed by atoms with Crippen LogP contribution in [-0.2, 0) is 6.18 Å². The first-order valence-corrected chi connectivity index (χ1v) is 6.83. The van der Waals surface area contributed by atoms with E-state index < -0.39 is 51.2 Å². The van der Waals surface area contributed by atoms with E-state index in [9.17, 15) is 22.4 Å². The van der Waals surface area contributed by atoms with Crippen molar-refractivity contribution < 1.29 is 17.6 Å². The fourth-order valence-electron chi connectivity index (χ4n) is 2.09. The maximum atomic E-state index is 14.4. The molecule has 10 heteroatoms. The number of aromatic nitrogens is 1. The molecule has 2 rings (SSSR count). The highest BCUT2D eigenvalue weighted by atomic mass is 79.9. The smallest absolute Gasteiger partial charge is 0.384 e. The van der Waals surface area contributed by atoms with Crippen LogP contribution in [0.1, 0.15) is 16.7 Å². The molecule has 0 atom stereocenters. The van der Waals surface area contributed by atoms with E-state index in [1.165, 1.54) is 6.07 Å². The van der Waals surface area contributed by atoms with Gasteiger partial charge in [0.05, 0.1) is 5.56 Å². The fraction of sp³-hybridized carbons (Fsp3) is 0.0714. The SMILES string of the molecule is N#Cc1c(N)[nH]c(=O)c(C#N)c1-c1cc(Br)cc(C(F)(F)F)c1F. The Bertz CT molecular complexity index is 983. The summed E-state index contributed by atoms with van der Waals surface area (Å²) < 4.78 is 53.2. The van der Waals surface area contributed by atoms with E-state index in [1.807, 2.05) is 4.98 Å². The molecule has 0 aliphatic heterocycles. The molecule has 0 saturated carbocycles. The Morgan fingerprint density at radius 3 is 2.25 bits per heavy atom. The van der Waals surface area contributed by atoms with Crippen molar-refractivity contribution in [2.75, 3.05) is 5.73 Å². The van der Waals surface area contributed by atoms with E-state index in [0.29, 0.717) is 6.07 Å². The molecule has 0 bridgehead atoms. The molecule has 0 fully saturated rings. The predicted octanol–water partition coefficient (Wildman–Crippen LogP) is 3.29. The summed E-state index contributed by atoms with van der Waals surface area (Å²) in [6.07, 6.45) is -5.02. The van der Waals surface area contributed by atoms with E-state index in [0.717, 1.165) is 6.07 Å². The number of pyridine rings is 1. The number of nitrogens with one attached hydrogen (secondary N) is 1. The summed E-state index contributed by atoms with van der Waals surface area (Å²) >= 11 is 2.82. The number of anilines is 1. The Balaban J connectivity index is 3.04. The average Bonchev–Trinajstić information content (AvgIpc) is 2.47. The summed E-state index contributed by atoms with van der Waals surface area (Å²) in [5.74, 6) is -2.20. The first-order valence-electron chi connectivity index (χ1n) is 6.04. The van der Waals surface area contributed by atoms with Gasteiger partial charge in [-0.25, -0.2) is 4.39 Å². The van der Waals surface area contributed by atoms with Gasteiger partial charge in [-0.05, 0) is 12.1 Å². The van der Waals surface area contributed by atoms with E-state index in [-0.39, 0.29) is 4.47 Å². The number of nitriles is 2. The van der Waals surface area contributed by atoms with Crippen LogP contribution in [-0.4, -0.2) is 4.98 Å². The molecular formula is C14H5BrF4N4O. The van der Waals surface area contributed by atoms with E-state index in [4.69, 9.17) is 16.3 Å². The lowest BCUT2D eigenvalue weighted by Gasteiger charge is -2.14. The molecule has 0 aliphatic rings. The average molecular weight is 401 g/mol. The summed E-state index contributed by atoms with van der Waals surface area (Å²) in [5, 5.41) is 18.2. The Morgan fingerprint density at radius 1 is 1.17 bits per heavy atom. The third-order valence-corrected chi connectivity index (χ3v) is 3.54. The van der Waals surface area contributed by atoms with Gasteiger partial charge in [-0.1, -0.05) is 15.9 Å². The van der Waals surface area contributed by atoms with Crippen LogP contribution < -0.4 is 11.3 Å². The van der Waals surface area contributed by atoms with Crippen molar-refractivity contribution in [1.82, 2.24) is 4.98 Å². The summed E-state index contributed by atoms with van der Waals surface area (Å²) in [6, 6.07) is 4.45. The maximum absolute atomic E-state index is 14.4. The lowest BCUT2D eigenvalue weighted by atomic mass is 9.94. The molecule has 122 valence electrons. The second-order valence-electron chi connectivity index (χ2n) is 4.53. The van der Waals surface area contributed by atoms with Gasteiger partial charge in [-0.2, -0.15) is 23.7 Å². The van der Waals surface area contributed by atoms with Crippen molar-refractivity contribution in [3.63, 3.8) is 0 Å². The number of nitrogens with two attached hydrogens (primary N) is 1. The third kappa shape index (κ3) is 2.84. The second kappa shape index (κ2) is 5.98. The second-order valence-corrected chi connectivity index (χ2v) is 5.44. The van der Waals surface area contributed by atoms with Crippen LogP contribution in [0.15, 0.2) is 21.4 Å². The molecule has 1 aromatic heterocycles. The van der Waals surface area contributed by atoms with Gasteiger partial charge < -0.3 is 10.7 Å². The van der Waals surface area contributed by atoms with E-state index >= 15 is 0 Å².